The fourth-order valence-corrected chi connectivity index (χ4v) is 1.31. The minimum Gasteiger partial charge on any atom is -0.326 e. The van der Waals surface area contributed by atoms with Gasteiger partial charge in [-0.3, -0.25) is 9.36 Å². The van der Waals surface area contributed by atoms with E-state index >= 15 is 0 Å². The Morgan fingerprint density at radius 3 is 2.11 bits per heavy atom. The molecule has 7 heteroatoms. The normalized spacial score (nSPS) is 13.4. The van der Waals surface area contributed by atoms with Crippen LogP contribution in [0.1, 0.15) is 12.5 Å². The Morgan fingerprint density at radius 2 is 1.72 bits per heavy atom. The predicted octanol–water partition coefficient (Wildman–Crippen LogP) is -0.167. The van der Waals surface area contributed by atoms with E-state index in [1.165, 1.54) is 0 Å². The van der Waals surface area contributed by atoms with Crippen LogP contribution in [0.15, 0.2) is 30.3 Å². The lowest BCUT2D eigenvalue weighted by Crippen LogP contribution is -2.42. The van der Waals surface area contributed by atoms with E-state index in [1.54, 1.807) is 6.92 Å². The molecule has 1 aromatic rings. The van der Waals surface area contributed by atoms with Gasteiger partial charge in [0.15, 0.2) is 5.78 Å². The Morgan fingerprint density at radius 1 is 1.28 bits per heavy atom. The molecule has 0 amide bonds. The van der Waals surface area contributed by atoms with Crippen LogP contribution in [0.2, 0.25) is 0 Å². The Bertz CT molecular complexity index is 380. The van der Waals surface area contributed by atoms with Gasteiger partial charge in [-0.05, 0) is 18.9 Å². The van der Waals surface area contributed by atoms with Crippen molar-refractivity contribution >= 4 is 14.0 Å². The van der Waals surface area contributed by atoms with Gasteiger partial charge >= 0.3 is 8.25 Å². The maximum atomic E-state index is 11.4. The Balaban J connectivity index is 0.000000631. The first-order chi connectivity index (χ1) is 8.34. The number of carbonyl (C=O) groups excluding carboxylic acids is 1. The molecule has 1 aromatic carbocycles. The lowest BCUT2D eigenvalue weighted by molar-refractivity contribution is -0.121. The molecule has 0 aliphatic carbocycles. The van der Waals surface area contributed by atoms with Crippen LogP contribution < -0.4 is 11.5 Å². The maximum Gasteiger partial charge on any atom is 0.314 e. The summed E-state index contributed by atoms with van der Waals surface area (Å²) in [5.74, 6) is -0.0890. The van der Waals surface area contributed by atoms with E-state index in [2.05, 4.69) is 0 Å². The molecule has 0 saturated carbocycles. The average molecular weight is 274 g/mol. The fraction of sp³-hybridized carbons (Fsp3) is 0.364. The first kappa shape index (κ1) is 17.0. The fourth-order valence-electron chi connectivity index (χ4n) is 1.31. The molecule has 0 fully saturated rings. The number of ketones is 1. The highest BCUT2D eigenvalue weighted by Gasteiger charge is 2.17. The molecule has 0 radical (unpaired) electrons. The van der Waals surface area contributed by atoms with Crippen molar-refractivity contribution in [2.45, 2.75) is 25.4 Å². The molecule has 1 rings (SSSR count). The molecular formula is C11H19N2O4P. The van der Waals surface area contributed by atoms with Crippen LogP contribution in [0.4, 0.5) is 0 Å². The van der Waals surface area contributed by atoms with Crippen molar-refractivity contribution < 1.29 is 19.1 Å². The van der Waals surface area contributed by atoms with E-state index in [9.17, 15) is 4.79 Å². The average Bonchev–Trinajstić information content (AvgIpc) is 2.28. The zero-order valence-electron chi connectivity index (χ0n) is 10.1. The number of rotatable bonds is 4. The summed E-state index contributed by atoms with van der Waals surface area (Å²) in [6.45, 7) is 1.66. The first-order valence-electron chi connectivity index (χ1n) is 5.35. The molecular weight excluding hydrogens is 255 g/mol. The molecule has 102 valence electrons. The maximum absolute atomic E-state index is 11.4. The van der Waals surface area contributed by atoms with Crippen LogP contribution in [0.5, 0.6) is 0 Å². The molecule has 0 spiro atoms. The van der Waals surface area contributed by atoms with Gasteiger partial charge in [-0.15, -0.1) is 0 Å². The lowest BCUT2D eigenvalue weighted by Gasteiger charge is -2.12. The predicted molar refractivity (Wildman–Crippen MR) is 70.2 cm³/mol. The van der Waals surface area contributed by atoms with Crippen molar-refractivity contribution in [2.75, 3.05) is 0 Å². The SMILES string of the molecule is C[C@@H](N)C(=O)[C@@H](N)Cc1ccccc1.O=[PH](O)O. The smallest absolute Gasteiger partial charge is 0.314 e. The number of carbonyl (C=O) groups is 1. The lowest BCUT2D eigenvalue weighted by atomic mass is 10.00. The molecule has 0 aliphatic rings. The van der Waals surface area contributed by atoms with Crippen LogP contribution in [0.25, 0.3) is 0 Å². The molecule has 6 N–H and O–H groups in total. The van der Waals surface area contributed by atoms with Crippen LogP contribution in [-0.2, 0) is 15.8 Å². The van der Waals surface area contributed by atoms with E-state index in [4.69, 9.17) is 25.8 Å². The van der Waals surface area contributed by atoms with E-state index in [0.717, 1.165) is 5.56 Å². The highest BCUT2D eigenvalue weighted by atomic mass is 31.1. The van der Waals surface area contributed by atoms with Crippen molar-refractivity contribution in [2.24, 2.45) is 11.5 Å². The summed E-state index contributed by atoms with van der Waals surface area (Å²) in [4.78, 5) is 25.7. The quantitative estimate of drug-likeness (QED) is 0.565. The number of nitrogens with two attached hydrogens (primary N) is 2. The van der Waals surface area contributed by atoms with E-state index in [1.807, 2.05) is 30.3 Å². The number of hydrogen-bond acceptors (Lipinski definition) is 4. The molecule has 0 aromatic heterocycles. The second kappa shape index (κ2) is 8.97. The third-order valence-electron chi connectivity index (χ3n) is 2.11. The zero-order chi connectivity index (χ0) is 14.1. The Labute approximate surface area is 107 Å². The van der Waals surface area contributed by atoms with Gasteiger partial charge in [0, 0.05) is 0 Å². The molecule has 2 atom stereocenters. The highest BCUT2D eigenvalue weighted by molar-refractivity contribution is 7.30. The zero-order valence-corrected chi connectivity index (χ0v) is 11.1. The third-order valence-corrected chi connectivity index (χ3v) is 2.11. The Kier molecular flexibility index (Phi) is 8.45. The van der Waals surface area contributed by atoms with Crippen LogP contribution in [-0.4, -0.2) is 27.7 Å². The van der Waals surface area contributed by atoms with E-state index in [-0.39, 0.29) is 5.78 Å². The summed E-state index contributed by atoms with van der Waals surface area (Å²) >= 11 is 0. The van der Waals surface area contributed by atoms with Gasteiger partial charge in [-0.2, -0.15) is 0 Å². The monoisotopic (exact) mass is 274 g/mol. The topological polar surface area (TPSA) is 127 Å². The summed E-state index contributed by atoms with van der Waals surface area (Å²) in [6.07, 6.45) is 0.557. The van der Waals surface area contributed by atoms with Gasteiger partial charge < -0.3 is 21.3 Å². The first-order valence-corrected chi connectivity index (χ1v) is 6.65. The number of benzene rings is 1. The molecule has 6 nitrogen and oxygen atoms in total. The van der Waals surface area contributed by atoms with E-state index in [0.29, 0.717) is 6.42 Å². The Hall–Kier alpha value is -1.04. The molecule has 18 heavy (non-hydrogen) atoms. The molecule has 0 heterocycles. The van der Waals surface area contributed by atoms with Gasteiger partial charge in [-0.25, -0.2) is 0 Å². The highest BCUT2D eigenvalue weighted by Crippen LogP contribution is 2.03. The van der Waals surface area contributed by atoms with Crippen molar-refractivity contribution in [1.82, 2.24) is 0 Å². The molecule has 0 aliphatic heterocycles. The van der Waals surface area contributed by atoms with Crippen LogP contribution >= 0.6 is 8.25 Å². The van der Waals surface area contributed by atoms with Crippen molar-refractivity contribution in [3.8, 4) is 0 Å². The van der Waals surface area contributed by atoms with Crippen molar-refractivity contribution in [3.05, 3.63) is 35.9 Å². The van der Waals surface area contributed by atoms with Gasteiger partial charge in [-0.1, -0.05) is 30.3 Å². The van der Waals surface area contributed by atoms with Gasteiger partial charge in [0.1, 0.15) is 0 Å². The molecule has 0 bridgehead atoms. The number of Topliss-reactive ketones (excluding diaryl/α,β-unsaturated/α-hetero) is 1. The minimum atomic E-state index is -3.13. The summed E-state index contributed by atoms with van der Waals surface area (Å²) in [5, 5.41) is 0. The standard InChI is InChI=1S/C11H16N2O.H3O3P/c1-8(12)11(14)10(13)7-9-5-3-2-4-6-9;1-4(2)3/h2-6,8,10H,7,12-13H2,1H3;4H,(H2,1,2,3)/t8-,10+;/m1./s1. The molecule has 0 unspecified atom stereocenters. The van der Waals surface area contributed by atoms with Crippen molar-refractivity contribution in [1.29, 1.82) is 0 Å². The van der Waals surface area contributed by atoms with Crippen molar-refractivity contribution in [3.63, 3.8) is 0 Å². The minimum absolute atomic E-state index is 0.0890. The largest absolute Gasteiger partial charge is 0.326 e. The number of hydrogen-bond donors (Lipinski definition) is 4. The van der Waals surface area contributed by atoms with Gasteiger partial charge in [0.2, 0.25) is 0 Å². The second-order valence-electron chi connectivity index (χ2n) is 3.77. The summed E-state index contributed by atoms with van der Waals surface area (Å²) in [6, 6.07) is 8.73. The molecule has 0 saturated heterocycles. The third kappa shape index (κ3) is 8.11. The van der Waals surface area contributed by atoms with Crippen LogP contribution in [0, 0.1) is 0 Å². The van der Waals surface area contributed by atoms with Gasteiger partial charge in [0.25, 0.3) is 0 Å². The second-order valence-corrected chi connectivity index (χ2v) is 4.33. The summed E-state index contributed by atoms with van der Waals surface area (Å²) in [7, 11) is -3.13. The summed E-state index contributed by atoms with van der Waals surface area (Å²) in [5.41, 5.74) is 12.2. The van der Waals surface area contributed by atoms with Crippen LogP contribution in [0.3, 0.4) is 0 Å². The van der Waals surface area contributed by atoms with E-state index < -0.39 is 20.3 Å². The van der Waals surface area contributed by atoms with Gasteiger partial charge in [0.05, 0.1) is 12.1 Å². The summed E-state index contributed by atoms with van der Waals surface area (Å²) < 4.78 is 8.74.